The van der Waals surface area contributed by atoms with Gasteiger partial charge in [0, 0.05) is 6.54 Å². The molecule has 0 radical (unpaired) electrons. The fraction of sp³-hybridized carbons (Fsp3) is 0.538. The molecule has 1 rings (SSSR count). The first-order valence-corrected chi connectivity index (χ1v) is 5.67. The van der Waals surface area contributed by atoms with Gasteiger partial charge >= 0.3 is 0 Å². The van der Waals surface area contributed by atoms with Crippen LogP contribution in [0.25, 0.3) is 0 Å². The number of rotatable bonds is 6. The zero-order chi connectivity index (χ0) is 11.1. The lowest BCUT2D eigenvalue weighted by atomic mass is 10.0. The third-order valence-electron chi connectivity index (χ3n) is 2.32. The van der Waals surface area contributed by atoms with Crippen LogP contribution in [0, 0.1) is 0 Å². The zero-order valence-corrected chi connectivity index (χ0v) is 9.92. The molecule has 0 fully saturated rings. The zero-order valence-electron chi connectivity index (χ0n) is 9.92. The van der Waals surface area contributed by atoms with Crippen molar-refractivity contribution < 1.29 is 4.74 Å². The van der Waals surface area contributed by atoms with E-state index in [0.717, 1.165) is 25.4 Å². The summed E-state index contributed by atoms with van der Waals surface area (Å²) in [6, 6.07) is 8.33. The van der Waals surface area contributed by atoms with E-state index in [2.05, 4.69) is 44.3 Å². The SMILES string of the molecule is CCNCCOc1cccc(C(C)C)c1. The Hall–Kier alpha value is -1.02. The smallest absolute Gasteiger partial charge is 0.119 e. The normalized spacial score (nSPS) is 10.7. The van der Waals surface area contributed by atoms with Gasteiger partial charge in [0.15, 0.2) is 0 Å². The van der Waals surface area contributed by atoms with Crippen LogP contribution in [0.1, 0.15) is 32.3 Å². The maximum Gasteiger partial charge on any atom is 0.119 e. The Labute approximate surface area is 92.6 Å². The van der Waals surface area contributed by atoms with E-state index in [1.807, 2.05) is 6.07 Å². The van der Waals surface area contributed by atoms with E-state index in [0.29, 0.717) is 5.92 Å². The summed E-state index contributed by atoms with van der Waals surface area (Å²) >= 11 is 0. The van der Waals surface area contributed by atoms with Gasteiger partial charge in [-0.2, -0.15) is 0 Å². The average molecular weight is 207 g/mol. The summed E-state index contributed by atoms with van der Waals surface area (Å²) in [5.41, 5.74) is 1.33. The molecule has 0 aromatic heterocycles. The molecule has 0 aliphatic carbocycles. The molecule has 2 heteroatoms. The van der Waals surface area contributed by atoms with Gasteiger partial charge in [0.2, 0.25) is 0 Å². The number of hydrogen-bond acceptors (Lipinski definition) is 2. The van der Waals surface area contributed by atoms with Crippen molar-refractivity contribution in [1.82, 2.24) is 5.32 Å². The Morgan fingerprint density at radius 2 is 2.13 bits per heavy atom. The molecular formula is C13H21NO. The molecule has 0 spiro atoms. The Kier molecular flexibility index (Phi) is 5.19. The number of hydrogen-bond donors (Lipinski definition) is 1. The van der Waals surface area contributed by atoms with E-state index in [1.54, 1.807) is 0 Å². The molecule has 1 aromatic rings. The lowest BCUT2D eigenvalue weighted by molar-refractivity contribution is 0.315. The Balaban J connectivity index is 2.43. The van der Waals surface area contributed by atoms with E-state index >= 15 is 0 Å². The van der Waals surface area contributed by atoms with Gasteiger partial charge in [-0.3, -0.25) is 0 Å². The third kappa shape index (κ3) is 4.34. The molecule has 84 valence electrons. The lowest BCUT2D eigenvalue weighted by Crippen LogP contribution is -2.20. The third-order valence-corrected chi connectivity index (χ3v) is 2.32. The molecule has 15 heavy (non-hydrogen) atoms. The maximum absolute atomic E-state index is 5.64. The van der Waals surface area contributed by atoms with Crippen LogP contribution in [-0.2, 0) is 0 Å². The minimum Gasteiger partial charge on any atom is -0.492 e. The van der Waals surface area contributed by atoms with Crippen LogP contribution in [-0.4, -0.2) is 19.7 Å². The molecule has 0 unspecified atom stereocenters. The topological polar surface area (TPSA) is 21.3 Å². The highest BCUT2D eigenvalue weighted by atomic mass is 16.5. The summed E-state index contributed by atoms with van der Waals surface area (Å²) in [6.07, 6.45) is 0. The van der Waals surface area contributed by atoms with Crippen LogP contribution in [0.4, 0.5) is 0 Å². The molecule has 0 aliphatic rings. The van der Waals surface area contributed by atoms with Crippen molar-refractivity contribution in [3.05, 3.63) is 29.8 Å². The van der Waals surface area contributed by atoms with E-state index in [4.69, 9.17) is 4.74 Å². The van der Waals surface area contributed by atoms with Crippen molar-refractivity contribution in [2.45, 2.75) is 26.7 Å². The van der Waals surface area contributed by atoms with E-state index < -0.39 is 0 Å². The highest BCUT2D eigenvalue weighted by Gasteiger charge is 2.00. The Bertz CT molecular complexity index is 284. The van der Waals surface area contributed by atoms with E-state index in [1.165, 1.54) is 5.56 Å². The summed E-state index contributed by atoms with van der Waals surface area (Å²) < 4.78 is 5.64. The molecule has 0 heterocycles. The van der Waals surface area contributed by atoms with Gasteiger partial charge in [0.1, 0.15) is 12.4 Å². The first kappa shape index (κ1) is 12.1. The number of benzene rings is 1. The quantitative estimate of drug-likeness (QED) is 0.724. The van der Waals surface area contributed by atoms with E-state index in [9.17, 15) is 0 Å². The van der Waals surface area contributed by atoms with Crippen molar-refractivity contribution in [3.8, 4) is 5.75 Å². The first-order valence-electron chi connectivity index (χ1n) is 5.67. The second kappa shape index (κ2) is 6.46. The average Bonchev–Trinajstić information content (AvgIpc) is 2.25. The maximum atomic E-state index is 5.64. The molecular weight excluding hydrogens is 186 g/mol. The second-order valence-electron chi connectivity index (χ2n) is 3.93. The summed E-state index contributed by atoms with van der Waals surface area (Å²) in [5.74, 6) is 1.53. The lowest BCUT2D eigenvalue weighted by Gasteiger charge is -2.10. The minimum atomic E-state index is 0.558. The van der Waals surface area contributed by atoms with Gasteiger partial charge < -0.3 is 10.1 Å². The Morgan fingerprint density at radius 1 is 1.33 bits per heavy atom. The van der Waals surface area contributed by atoms with Gasteiger partial charge in [0.05, 0.1) is 0 Å². The van der Waals surface area contributed by atoms with Crippen LogP contribution in [0.5, 0.6) is 5.75 Å². The number of likely N-dealkylation sites (N-methyl/N-ethyl adjacent to an activating group) is 1. The van der Waals surface area contributed by atoms with Crippen LogP contribution >= 0.6 is 0 Å². The summed E-state index contributed by atoms with van der Waals surface area (Å²) in [5, 5.41) is 3.23. The van der Waals surface area contributed by atoms with Gasteiger partial charge in [-0.1, -0.05) is 32.9 Å². The molecule has 0 atom stereocenters. The van der Waals surface area contributed by atoms with Crippen molar-refractivity contribution in [1.29, 1.82) is 0 Å². The molecule has 1 N–H and O–H groups in total. The summed E-state index contributed by atoms with van der Waals surface area (Å²) in [6.45, 7) is 9.11. The predicted octanol–water partition coefficient (Wildman–Crippen LogP) is 2.80. The summed E-state index contributed by atoms with van der Waals surface area (Å²) in [4.78, 5) is 0. The molecule has 2 nitrogen and oxygen atoms in total. The Morgan fingerprint density at radius 3 is 2.80 bits per heavy atom. The highest BCUT2D eigenvalue weighted by molar-refractivity contribution is 5.30. The second-order valence-corrected chi connectivity index (χ2v) is 3.93. The van der Waals surface area contributed by atoms with Gasteiger partial charge in [0.25, 0.3) is 0 Å². The van der Waals surface area contributed by atoms with Crippen LogP contribution < -0.4 is 10.1 Å². The monoisotopic (exact) mass is 207 g/mol. The molecule has 0 saturated heterocycles. The molecule has 1 aromatic carbocycles. The number of ether oxygens (including phenoxy) is 1. The minimum absolute atomic E-state index is 0.558. The van der Waals surface area contributed by atoms with Gasteiger partial charge in [-0.05, 0) is 30.2 Å². The molecule has 0 saturated carbocycles. The van der Waals surface area contributed by atoms with Gasteiger partial charge in [-0.25, -0.2) is 0 Å². The van der Waals surface area contributed by atoms with Gasteiger partial charge in [-0.15, -0.1) is 0 Å². The fourth-order valence-electron chi connectivity index (χ4n) is 1.38. The standard InChI is InChI=1S/C13H21NO/c1-4-14-8-9-15-13-7-5-6-12(10-13)11(2)3/h5-7,10-11,14H,4,8-9H2,1-3H3. The number of nitrogens with one attached hydrogen (secondary N) is 1. The van der Waals surface area contributed by atoms with Crippen molar-refractivity contribution >= 4 is 0 Å². The predicted molar refractivity (Wildman–Crippen MR) is 64.6 cm³/mol. The molecule has 0 amide bonds. The van der Waals surface area contributed by atoms with E-state index in [-0.39, 0.29) is 0 Å². The van der Waals surface area contributed by atoms with Crippen LogP contribution in [0.3, 0.4) is 0 Å². The molecule has 0 bridgehead atoms. The first-order chi connectivity index (χ1) is 7.24. The largest absolute Gasteiger partial charge is 0.492 e. The van der Waals surface area contributed by atoms with Crippen LogP contribution in [0.2, 0.25) is 0 Å². The van der Waals surface area contributed by atoms with Crippen molar-refractivity contribution in [2.24, 2.45) is 0 Å². The van der Waals surface area contributed by atoms with Crippen molar-refractivity contribution in [2.75, 3.05) is 19.7 Å². The summed E-state index contributed by atoms with van der Waals surface area (Å²) in [7, 11) is 0. The highest BCUT2D eigenvalue weighted by Crippen LogP contribution is 2.19. The fourth-order valence-corrected chi connectivity index (χ4v) is 1.38. The molecule has 0 aliphatic heterocycles. The van der Waals surface area contributed by atoms with Crippen LogP contribution in [0.15, 0.2) is 24.3 Å². The van der Waals surface area contributed by atoms with Crippen molar-refractivity contribution in [3.63, 3.8) is 0 Å².